The summed E-state index contributed by atoms with van der Waals surface area (Å²) in [5.74, 6) is 2.40. The predicted molar refractivity (Wildman–Crippen MR) is 99.6 cm³/mol. The first kappa shape index (κ1) is 16.9. The number of pyridine rings is 1. The average molecular weight is 351 g/mol. The van der Waals surface area contributed by atoms with Gasteiger partial charge in [-0.2, -0.15) is 0 Å². The molecule has 2 saturated heterocycles. The Kier molecular flexibility index (Phi) is 5.09. The van der Waals surface area contributed by atoms with E-state index in [2.05, 4.69) is 19.9 Å². The van der Waals surface area contributed by atoms with E-state index in [0.717, 1.165) is 57.0 Å². The minimum absolute atomic E-state index is 0.232. The fourth-order valence-corrected chi connectivity index (χ4v) is 4.21. The van der Waals surface area contributed by atoms with Crippen LogP contribution in [0, 0.1) is 11.8 Å². The van der Waals surface area contributed by atoms with Gasteiger partial charge in [0.15, 0.2) is 0 Å². The number of anilines is 1. The van der Waals surface area contributed by atoms with Crippen LogP contribution < -0.4 is 4.90 Å². The summed E-state index contributed by atoms with van der Waals surface area (Å²) >= 11 is 0. The fraction of sp³-hybridized carbons (Fsp3) is 0.500. The highest BCUT2D eigenvalue weighted by Crippen LogP contribution is 2.32. The van der Waals surface area contributed by atoms with Crippen molar-refractivity contribution in [2.24, 2.45) is 11.8 Å². The van der Waals surface area contributed by atoms with Gasteiger partial charge in [0.25, 0.3) is 0 Å². The first-order chi connectivity index (χ1) is 12.8. The van der Waals surface area contributed by atoms with Gasteiger partial charge in [0, 0.05) is 51.0 Å². The second kappa shape index (κ2) is 7.81. The number of aromatic nitrogens is 3. The summed E-state index contributed by atoms with van der Waals surface area (Å²) in [6.45, 7) is 3.82. The van der Waals surface area contributed by atoms with Gasteiger partial charge in [0.1, 0.15) is 0 Å². The van der Waals surface area contributed by atoms with Crippen LogP contribution in [0.1, 0.15) is 24.8 Å². The van der Waals surface area contributed by atoms with Crippen LogP contribution in [0.15, 0.2) is 43.0 Å². The molecule has 2 aromatic heterocycles. The summed E-state index contributed by atoms with van der Waals surface area (Å²) in [5, 5.41) is 0. The number of carbonyl (C=O) groups excluding carboxylic acids is 1. The van der Waals surface area contributed by atoms with Crippen LogP contribution in [0.2, 0.25) is 0 Å². The lowest BCUT2D eigenvalue weighted by Gasteiger charge is -2.34. The Morgan fingerprint density at radius 1 is 1.00 bits per heavy atom. The highest BCUT2D eigenvalue weighted by molar-refractivity contribution is 5.78. The Bertz CT molecular complexity index is 715. The van der Waals surface area contributed by atoms with E-state index in [-0.39, 0.29) is 5.91 Å². The van der Waals surface area contributed by atoms with Crippen LogP contribution in [0.5, 0.6) is 0 Å². The Hall–Kier alpha value is -2.50. The fourth-order valence-electron chi connectivity index (χ4n) is 4.21. The van der Waals surface area contributed by atoms with Gasteiger partial charge >= 0.3 is 0 Å². The molecular weight excluding hydrogens is 326 g/mol. The van der Waals surface area contributed by atoms with Gasteiger partial charge in [-0.25, -0.2) is 9.97 Å². The lowest BCUT2D eigenvalue weighted by atomic mass is 9.84. The largest absolute Gasteiger partial charge is 0.342 e. The third-order valence-electron chi connectivity index (χ3n) is 5.70. The van der Waals surface area contributed by atoms with Gasteiger partial charge in [-0.1, -0.05) is 6.07 Å². The molecule has 0 bridgehead atoms. The monoisotopic (exact) mass is 351 g/mol. The van der Waals surface area contributed by atoms with Gasteiger partial charge in [-0.05, 0) is 48.8 Å². The maximum absolute atomic E-state index is 12.6. The van der Waals surface area contributed by atoms with Crippen LogP contribution in [-0.2, 0) is 11.2 Å². The van der Waals surface area contributed by atoms with Crippen LogP contribution >= 0.6 is 0 Å². The summed E-state index contributed by atoms with van der Waals surface area (Å²) < 4.78 is 0. The molecule has 2 aliphatic rings. The SMILES string of the molecule is O=C(Cc1cccnc1)N1CCC(C2CCN(c3ncccn3)CC2)C1. The maximum atomic E-state index is 12.6. The molecule has 2 aromatic rings. The molecule has 0 saturated carbocycles. The van der Waals surface area contributed by atoms with Crippen molar-refractivity contribution in [3.05, 3.63) is 48.5 Å². The Balaban J connectivity index is 1.27. The van der Waals surface area contributed by atoms with Gasteiger partial charge < -0.3 is 9.80 Å². The summed E-state index contributed by atoms with van der Waals surface area (Å²) in [6, 6.07) is 5.71. The Morgan fingerprint density at radius 3 is 2.50 bits per heavy atom. The summed E-state index contributed by atoms with van der Waals surface area (Å²) in [6.07, 6.45) is 11.0. The third-order valence-corrected chi connectivity index (χ3v) is 5.70. The molecular formula is C20H25N5O. The van der Waals surface area contributed by atoms with Crippen molar-refractivity contribution in [1.82, 2.24) is 19.9 Å². The third kappa shape index (κ3) is 3.84. The van der Waals surface area contributed by atoms with Crippen molar-refractivity contribution < 1.29 is 4.79 Å². The van der Waals surface area contributed by atoms with Crippen LogP contribution in [0.25, 0.3) is 0 Å². The first-order valence-corrected chi connectivity index (χ1v) is 9.48. The van der Waals surface area contributed by atoms with Gasteiger partial charge in [-0.3, -0.25) is 9.78 Å². The summed E-state index contributed by atoms with van der Waals surface area (Å²) in [5.41, 5.74) is 0.997. The summed E-state index contributed by atoms with van der Waals surface area (Å²) in [7, 11) is 0. The normalized spacial score (nSPS) is 21.2. The minimum atomic E-state index is 0.232. The molecule has 0 aliphatic carbocycles. The summed E-state index contributed by atoms with van der Waals surface area (Å²) in [4.78, 5) is 29.7. The molecule has 4 heterocycles. The second-order valence-corrected chi connectivity index (χ2v) is 7.30. The van der Waals surface area contributed by atoms with E-state index >= 15 is 0 Å². The number of amides is 1. The topological polar surface area (TPSA) is 62.2 Å². The number of nitrogens with zero attached hydrogens (tertiary/aromatic N) is 5. The lowest BCUT2D eigenvalue weighted by Crippen LogP contribution is -2.38. The lowest BCUT2D eigenvalue weighted by molar-refractivity contribution is -0.129. The molecule has 0 radical (unpaired) electrons. The van der Waals surface area contributed by atoms with Crippen LogP contribution in [0.3, 0.4) is 0 Å². The van der Waals surface area contributed by atoms with Gasteiger partial charge in [-0.15, -0.1) is 0 Å². The quantitative estimate of drug-likeness (QED) is 0.845. The molecule has 136 valence electrons. The van der Waals surface area contributed by atoms with E-state index in [1.807, 2.05) is 23.1 Å². The number of hydrogen-bond donors (Lipinski definition) is 0. The van der Waals surface area contributed by atoms with E-state index in [1.165, 1.54) is 0 Å². The van der Waals surface area contributed by atoms with Crippen LogP contribution in [0.4, 0.5) is 5.95 Å². The van der Waals surface area contributed by atoms with E-state index in [4.69, 9.17) is 0 Å². The van der Waals surface area contributed by atoms with Crippen molar-refractivity contribution in [2.45, 2.75) is 25.7 Å². The number of piperidine rings is 1. The van der Waals surface area contributed by atoms with E-state index in [1.54, 1.807) is 24.8 Å². The predicted octanol–water partition coefficient (Wildman–Crippen LogP) is 2.18. The molecule has 0 spiro atoms. The van der Waals surface area contributed by atoms with Crippen molar-refractivity contribution in [3.8, 4) is 0 Å². The molecule has 6 nitrogen and oxygen atoms in total. The molecule has 26 heavy (non-hydrogen) atoms. The van der Waals surface area contributed by atoms with Crippen LogP contribution in [-0.4, -0.2) is 51.9 Å². The van der Waals surface area contributed by atoms with Crippen molar-refractivity contribution in [2.75, 3.05) is 31.1 Å². The average Bonchev–Trinajstić information content (AvgIpc) is 3.20. The highest BCUT2D eigenvalue weighted by atomic mass is 16.2. The molecule has 0 N–H and O–H groups in total. The zero-order chi connectivity index (χ0) is 17.8. The number of rotatable bonds is 4. The van der Waals surface area contributed by atoms with Gasteiger partial charge in [0.2, 0.25) is 11.9 Å². The van der Waals surface area contributed by atoms with Gasteiger partial charge in [0.05, 0.1) is 6.42 Å². The second-order valence-electron chi connectivity index (χ2n) is 7.30. The minimum Gasteiger partial charge on any atom is -0.342 e. The molecule has 1 amide bonds. The number of likely N-dealkylation sites (tertiary alicyclic amines) is 1. The van der Waals surface area contributed by atoms with E-state index in [9.17, 15) is 4.79 Å². The molecule has 2 aliphatic heterocycles. The maximum Gasteiger partial charge on any atom is 0.227 e. The zero-order valence-electron chi connectivity index (χ0n) is 15.0. The van der Waals surface area contributed by atoms with E-state index < -0.39 is 0 Å². The van der Waals surface area contributed by atoms with Crippen molar-refractivity contribution in [1.29, 1.82) is 0 Å². The molecule has 0 aromatic carbocycles. The molecule has 4 rings (SSSR count). The molecule has 6 heteroatoms. The van der Waals surface area contributed by atoms with Crippen molar-refractivity contribution in [3.63, 3.8) is 0 Å². The number of carbonyl (C=O) groups is 1. The zero-order valence-corrected chi connectivity index (χ0v) is 15.0. The number of hydrogen-bond acceptors (Lipinski definition) is 5. The Labute approximate surface area is 154 Å². The van der Waals surface area contributed by atoms with Crippen molar-refractivity contribution >= 4 is 11.9 Å². The van der Waals surface area contributed by atoms with E-state index in [0.29, 0.717) is 18.3 Å². The Morgan fingerprint density at radius 2 is 1.77 bits per heavy atom. The molecule has 2 fully saturated rings. The molecule has 1 atom stereocenters. The first-order valence-electron chi connectivity index (χ1n) is 9.48. The highest BCUT2D eigenvalue weighted by Gasteiger charge is 2.33. The standard InChI is InChI=1S/C20H25N5O/c26-19(13-16-3-1-7-21-14-16)25-12-6-18(15-25)17-4-10-24(11-5-17)20-22-8-2-9-23-20/h1-3,7-9,14,17-18H,4-6,10-13,15H2. The molecule has 1 unspecified atom stereocenters. The smallest absolute Gasteiger partial charge is 0.227 e.